The Balaban J connectivity index is 3.73. The van der Waals surface area contributed by atoms with Crippen LogP contribution in [0.25, 0.3) is 0 Å². The van der Waals surface area contributed by atoms with Crippen LogP contribution in [0.1, 0.15) is 103 Å². The third kappa shape index (κ3) is 12.9. The molecule has 0 saturated carbocycles. The van der Waals surface area contributed by atoms with Crippen LogP contribution >= 0.6 is 0 Å². The van der Waals surface area contributed by atoms with E-state index in [0.29, 0.717) is 6.61 Å². The standard InChI is InChI=1S/C20H42O3/c1-2-3-4-5-9-12-15-20(18-22,19-23)16-13-10-7-6-8-11-14-17-21/h21-23H,2-19H2,1H3. The molecule has 0 amide bonds. The number of rotatable bonds is 18. The Hall–Kier alpha value is -0.120. The van der Waals surface area contributed by atoms with Gasteiger partial charge in [0.2, 0.25) is 0 Å². The maximum Gasteiger partial charge on any atom is 0.0509 e. The summed E-state index contributed by atoms with van der Waals surface area (Å²) in [6, 6.07) is 0. The van der Waals surface area contributed by atoms with E-state index < -0.39 is 0 Å². The van der Waals surface area contributed by atoms with Crippen LogP contribution in [0.2, 0.25) is 0 Å². The zero-order chi connectivity index (χ0) is 17.2. The van der Waals surface area contributed by atoms with Crippen LogP contribution in [0.3, 0.4) is 0 Å². The molecule has 0 aliphatic carbocycles. The van der Waals surface area contributed by atoms with Crippen LogP contribution in [-0.4, -0.2) is 35.1 Å². The molecule has 0 fully saturated rings. The summed E-state index contributed by atoms with van der Waals surface area (Å²) in [4.78, 5) is 0. The van der Waals surface area contributed by atoms with E-state index in [1.807, 2.05) is 0 Å². The van der Waals surface area contributed by atoms with Gasteiger partial charge in [0.1, 0.15) is 0 Å². The van der Waals surface area contributed by atoms with Crippen molar-refractivity contribution in [2.45, 2.75) is 103 Å². The highest BCUT2D eigenvalue weighted by Gasteiger charge is 2.27. The van der Waals surface area contributed by atoms with Crippen molar-refractivity contribution in [1.82, 2.24) is 0 Å². The molecule has 0 rings (SSSR count). The molecule has 0 aromatic rings. The van der Waals surface area contributed by atoms with E-state index >= 15 is 0 Å². The smallest absolute Gasteiger partial charge is 0.0509 e. The molecule has 0 bridgehead atoms. The summed E-state index contributed by atoms with van der Waals surface area (Å²) in [5.41, 5.74) is -0.248. The molecule has 0 aromatic carbocycles. The Morgan fingerprint density at radius 1 is 0.522 bits per heavy atom. The largest absolute Gasteiger partial charge is 0.396 e. The quantitative estimate of drug-likeness (QED) is 0.316. The van der Waals surface area contributed by atoms with Crippen LogP contribution < -0.4 is 0 Å². The van der Waals surface area contributed by atoms with Gasteiger partial charge in [-0.05, 0) is 19.3 Å². The first-order valence-corrected chi connectivity index (χ1v) is 10.1. The number of hydrogen-bond donors (Lipinski definition) is 3. The minimum absolute atomic E-state index is 0.120. The number of aliphatic hydroxyl groups is 3. The highest BCUT2D eigenvalue weighted by Crippen LogP contribution is 2.31. The van der Waals surface area contributed by atoms with Crippen LogP contribution in [0.15, 0.2) is 0 Å². The number of unbranched alkanes of at least 4 members (excludes halogenated alkanes) is 11. The molecule has 0 aromatic heterocycles. The van der Waals surface area contributed by atoms with E-state index in [4.69, 9.17) is 5.11 Å². The summed E-state index contributed by atoms with van der Waals surface area (Å²) in [5.74, 6) is 0. The molecule has 0 saturated heterocycles. The molecule has 0 spiro atoms. The normalized spacial score (nSPS) is 12.0. The molecule has 0 atom stereocenters. The Kier molecular flexibility index (Phi) is 16.6. The SMILES string of the molecule is CCCCCCCCC(CO)(CO)CCCCCCCCCO. The van der Waals surface area contributed by atoms with Crippen molar-refractivity contribution in [2.24, 2.45) is 5.41 Å². The lowest BCUT2D eigenvalue weighted by atomic mass is 9.79. The van der Waals surface area contributed by atoms with Gasteiger partial charge < -0.3 is 15.3 Å². The van der Waals surface area contributed by atoms with Crippen molar-refractivity contribution >= 4 is 0 Å². The Labute approximate surface area is 144 Å². The van der Waals surface area contributed by atoms with E-state index in [0.717, 1.165) is 38.5 Å². The zero-order valence-corrected chi connectivity index (χ0v) is 15.6. The Bertz CT molecular complexity index is 227. The molecule has 3 heteroatoms. The third-order valence-electron chi connectivity index (χ3n) is 5.10. The fraction of sp³-hybridized carbons (Fsp3) is 1.00. The summed E-state index contributed by atoms with van der Waals surface area (Å²) in [7, 11) is 0. The average molecular weight is 331 g/mol. The summed E-state index contributed by atoms with van der Waals surface area (Å²) in [6.07, 6.45) is 17.5. The maximum atomic E-state index is 9.73. The van der Waals surface area contributed by atoms with Crippen molar-refractivity contribution in [3.05, 3.63) is 0 Å². The highest BCUT2D eigenvalue weighted by atomic mass is 16.3. The van der Waals surface area contributed by atoms with Gasteiger partial charge in [-0.2, -0.15) is 0 Å². The van der Waals surface area contributed by atoms with Gasteiger partial charge in [-0.3, -0.25) is 0 Å². The molecular formula is C20H42O3. The predicted molar refractivity (Wildman–Crippen MR) is 98.6 cm³/mol. The summed E-state index contributed by atoms with van der Waals surface area (Å²) in [6.45, 7) is 2.78. The van der Waals surface area contributed by atoms with Gasteiger partial charge in [-0.1, -0.05) is 84.0 Å². The van der Waals surface area contributed by atoms with E-state index in [1.165, 1.54) is 57.8 Å². The topological polar surface area (TPSA) is 60.7 Å². The summed E-state index contributed by atoms with van der Waals surface area (Å²) >= 11 is 0. The van der Waals surface area contributed by atoms with E-state index in [9.17, 15) is 10.2 Å². The third-order valence-corrected chi connectivity index (χ3v) is 5.10. The zero-order valence-electron chi connectivity index (χ0n) is 15.6. The van der Waals surface area contributed by atoms with Crippen molar-refractivity contribution in [3.8, 4) is 0 Å². The molecule has 0 aliphatic rings. The molecule has 0 unspecified atom stereocenters. The first-order chi connectivity index (χ1) is 11.2. The van der Waals surface area contributed by atoms with Gasteiger partial charge in [0, 0.05) is 12.0 Å². The van der Waals surface area contributed by atoms with Gasteiger partial charge in [0.05, 0.1) is 13.2 Å². The van der Waals surface area contributed by atoms with Gasteiger partial charge in [-0.25, -0.2) is 0 Å². The average Bonchev–Trinajstić information content (AvgIpc) is 2.58. The lowest BCUT2D eigenvalue weighted by Crippen LogP contribution is -2.29. The van der Waals surface area contributed by atoms with E-state index in [1.54, 1.807) is 0 Å². The second kappa shape index (κ2) is 16.7. The second-order valence-corrected chi connectivity index (χ2v) is 7.28. The molecular weight excluding hydrogens is 288 g/mol. The number of hydrogen-bond acceptors (Lipinski definition) is 3. The monoisotopic (exact) mass is 330 g/mol. The maximum absolute atomic E-state index is 9.73. The van der Waals surface area contributed by atoms with Gasteiger partial charge in [0.15, 0.2) is 0 Å². The molecule has 0 radical (unpaired) electrons. The van der Waals surface area contributed by atoms with Crippen molar-refractivity contribution in [1.29, 1.82) is 0 Å². The minimum Gasteiger partial charge on any atom is -0.396 e. The molecule has 23 heavy (non-hydrogen) atoms. The number of aliphatic hydroxyl groups excluding tert-OH is 3. The van der Waals surface area contributed by atoms with E-state index in [-0.39, 0.29) is 18.6 Å². The van der Waals surface area contributed by atoms with Crippen LogP contribution in [-0.2, 0) is 0 Å². The second-order valence-electron chi connectivity index (χ2n) is 7.28. The summed E-state index contributed by atoms with van der Waals surface area (Å²) < 4.78 is 0. The Morgan fingerprint density at radius 3 is 1.30 bits per heavy atom. The fourth-order valence-corrected chi connectivity index (χ4v) is 3.27. The highest BCUT2D eigenvalue weighted by molar-refractivity contribution is 4.78. The van der Waals surface area contributed by atoms with Crippen LogP contribution in [0, 0.1) is 5.41 Å². The molecule has 3 N–H and O–H groups in total. The van der Waals surface area contributed by atoms with Gasteiger partial charge in [0.25, 0.3) is 0 Å². The first-order valence-electron chi connectivity index (χ1n) is 10.1. The molecule has 140 valence electrons. The van der Waals surface area contributed by atoms with Crippen LogP contribution in [0.4, 0.5) is 0 Å². The molecule has 0 aliphatic heterocycles. The van der Waals surface area contributed by atoms with Crippen molar-refractivity contribution in [2.75, 3.05) is 19.8 Å². The summed E-state index contributed by atoms with van der Waals surface area (Å²) in [5, 5.41) is 28.2. The lowest BCUT2D eigenvalue weighted by molar-refractivity contribution is 0.0353. The molecule has 3 nitrogen and oxygen atoms in total. The van der Waals surface area contributed by atoms with Crippen molar-refractivity contribution < 1.29 is 15.3 Å². The van der Waals surface area contributed by atoms with Crippen LogP contribution in [0.5, 0.6) is 0 Å². The van der Waals surface area contributed by atoms with Gasteiger partial charge >= 0.3 is 0 Å². The predicted octanol–water partition coefficient (Wildman–Crippen LogP) is 4.82. The molecule has 0 heterocycles. The minimum atomic E-state index is -0.248. The van der Waals surface area contributed by atoms with Crippen molar-refractivity contribution in [3.63, 3.8) is 0 Å². The fourth-order valence-electron chi connectivity index (χ4n) is 3.27. The Morgan fingerprint density at radius 2 is 0.913 bits per heavy atom. The first kappa shape index (κ1) is 22.9. The van der Waals surface area contributed by atoms with E-state index in [2.05, 4.69) is 6.92 Å². The lowest BCUT2D eigenvalue weighted by Gasteiger charge is -2.30. The van der Waals surface area contributed by atoms with Gasteiger partial charge in [-0.15, -0.1) is 0 Å².